The fourth-order valence-electron chi connectivity index (χ4n) is 1.40. The van der Waals surface area contributed by atoms with Crippen molar-refractivity contribution < 1.29 is 14.7 Å². The highest BCUT2D eigenvalue weighted by Gasteiger charge is 2.19. The van der Waals surface area contributed by atoms with Crippen LogP contribution in [0.25, 0.3) is 0 Å². The summed E-state index contributed by atoms with van der Waals surface area (Å²) in [5, 5.41) is 11.5. The zero-order chi connectivity index (χ0) is 13.4. The summed E-state index contributed by atoms with van der Waals surface area (Å²) in [5.41, 5.74) is 0.334. The zero-order valence-electron chi connectivity index (χ0n) is 10.1. The number of aliphatic hydroxyl groups excluding tert-OH is 1. The van der Waals surface area contributed by atoms with Crippen LogP contribution >= 0.6 is 11.8 Å². The van der Waals surface area contributed by atoms with Gasteiger partial charge < -0.3 is 10.4 Å². The van der Waals surface area contributed by atoms with Crippen LogP contribution in [0.2, 0.25) is 0 Å². The van der Waals surface area contributed by atoms with Crippen LogP contribution in [0.1, 0.15) is 12.8 Å². The van der Waals surface area contributed by atoms with E-state index in [1.807, 2.05) is 0 Å². The standard InChI is InChI=1S/C13H17NO3S/c1-2-7-18-13-9-11(16)10(8-12(13)17)14-5-3-4-6-15/h2,8-9,14-15H,1,3-7H2. The number of nitrogens with one attached hydrogen (secondary N) is 1. The van der Waals surface area contributed by atoms with Crippen molar-refractivity contribution >= 4 is 23.3 Å². The van der Waals surface area contributed by atoms with Gasteiger partial charge in [-0.05, 0) is 12.8 Å². The lowest BCUT2D eigenvalue weighted by Gasteiger charge is -2.13. The molecule has 1 aliphatic carbocycles. The highest BCUT2D eigenvalue weighted by atomic mass is 32.2. The van der Waals surface area contributed by atoms with Crippen LogP contribution in [0.4, 0.5) is 0 Å². The number of carbonyl (C=O) groups excluding carboxylic acids is 2. The highest BCUT2D eigenvalue weighted by molar-refractivity contribution is 8.04. The Morgan fingerprint density at radius 1 is 1.28 bits per heavy atom. The summed E-state index contributed by atoms with van der Waals surface area (Å²) in [6.07, 6.45) is 5.84. The van der Waals surface area contributed by atoms with Crippen molar-refractivity contribution in [3.05, 3.63) is 35.4 Å². The fraction of sp³-hybridized carbons (Fsp3) is 0.385. The zero-order valence-corrected chi connectivity index (χ0v) is 11.0. The minimum atomic E-state index is -0.176. The lowest BCUT2D eigenvalue weighted by atomic mass is 10.1. The van der Waals surface area contributed by atoms with Gasteiger partial charge in [0.15, 0.2) is 5.78 Å². The van der Waals surface area contributed by atoms with Crippen LogP contribution in [0, 0.1) is 0 Å². The predicted octanol–water partition coefficient (Wildman–Crippen LogP) is 1.19. The van der Waals surface area contributed by atoms with Crippen LogP contribution in [0.3, 0.4) is 0 Å². The van der Waals surface area contributed by atoms with Crippen molar-refractivity contribution in [1.82, 2.24) is 5.32 Å². The Labute approximate surface area is 111 Å². The number of unbranched alkanes of at least 4 members (excludes halogenated alkanes) is 1. The van der Waals surface area contributed by atoms with Gasteiger partial charge in [-0.25, -0.2) is 0 Å². The summed E-state index contributed by atoms with van der Waals surface area (Å²) >= 11 is 1.31. The van der Waals surface area contributed by atoms with Crippen molar-refractivity contribution in [2.75, 3.05) is 18.9 Å². The first kappa shape index (κ1) is 14.7. The third kappa shape index (κ3) is 4.50. The van der Waals surface area contributed by atoms with Crippen LogP contribution < -0.4 is 5.32 Å². The Hall–Kier alpha value is -1.33. The van der Waals surface area contributed by atoms with Crippen LogP contribution in [-0.4, -0.2) is 35.6 Å². The lowest BCUT2D eigenvalue weighted by molar-refractivity contribution is -0.115. The summed E-state index contributed by atoms with van der Waals surface area (Å²) in [6, 6.07) is 0. The molecule has 18 heavy (non-hydrogen) atoms. The molecule has 0 fully saturated rings. The third-order valence-corrected chi connectivity index (χ3v) is 3.34. The molecule has 5 heteroatoms. The number of allylic oxidation sites excluding steroid dienone is 3. The lowest BCUT2D eigenvalue weighted by Crippen LogP contribution is -2.25. The Morgan fingerprint density at radius 3 is 2.72 bits per heavy atom. The van der Waals surface area contributed by atoms with Gasteiger partial charge >= 0.3 is 0 Å². The predicted molar refractivity (Wildman–Crippen MR) is 73.2 cm³/mol. The number of aliphatic hydroxyl groups is 1. The molecule has 0 atom stereocenters. The van der Waals surface area contributed by atoms with Crippen molar-refractivity contribution in [2.45, 2.75) is 12.8 Å². The summed E-state index contributed by atoms with van der Waals surface area (Å²) in [4.78, 5) is 23.9. The van der Waals surface area contributed by atoms with E-state index < -0.39 is 0 Å². The molecule has 0 aromatic carbocycles. The summed E-state index contributed by atoms with van der Waals surface area (Å²) in [7, 11) is 0. The maximum absolute atomic E-state index is 11.7. The van der Waals surface area contributed by atoms with Crippen molar-refractivity contribution in [3.63, 3.8) is 0 Å². The Bertz CT molecular complexity index is 399. The normalized spacial score (nSPS) is 15.2. The first-order valence-corrected chi connectivity index (χ1v) is 6.78. The van der Waals surface area contributed by atoms with Crippen LogP contribution in [-0.2, 0) is 9.59 Å². The molecule has 1 rings (SSSR count). The monoisotopic (exact) mass is 267 g/mol. The van der Waals surface area contributed by atoms with Gasteiger partial charge in [-0.15, -0.1) is 18.3 Å². The molecule has 0 aromatic rings. The van der Waals surface area contributed by atoms with E-state index in [1.165, 1.54) is 23.9 Å². The number of hydrogen-bond donors (Lipinski definition) is 2. The van der Waals surface area contributed by atoms with E-state index in [0.717, 1.165) is 6.42 Å². The van der Waals surface area contributed by atoms with E-state index >= 15 is 0 Å². The van der Waals surface area contributed by atoms with Gasteiger partial charge in [-0.2, -0.15) is 0 Å². The maximum Gasteiger partial charge on any atom is 0.203 e. The van der Waals surface area contributed by atoms with E-state index in [-0.39, 0.29) is 18.2 Å². The van der Waals surface area contributed by atoms with Crippen molar-refractivity contribution in [1.29, 1.82) is 0 Å². The van der Waals surface area contributed by atoms with E-state index in [4.69, 9.17) is 5.11 Å². The first-order chi connectivity index (χ1) is 8.69. The quantitative estimate of drug-likeness (QED) is 0.393. The second kappa shape index (κ2) is 7.89. The molecule has 0 spiro atoms. The van der Waals surface area contributed by atoms with Crippen molar-refractivity contribution in [3.8, 4) is 0 Å². The molecule has 0 amide bonds. The molecule has 0 aromatic heterocycles. The van der Waals surface area contributed by atoms with Gasteiger partial charge in [0.1, 0.15) is 0 Å². The molecule has 0 bridgehead atoms. The minimum Gasteiger partial charge on any atom is -0.396 e. The average Bonchev–Trinajstić information content (AvgIpc) is 2.36. The van der Waals surface area contributed by atoms with E-state index in [1.54, 1.807) is 6.08 Å². The second-order valence-electron chi connectivity index (χ2n) is 3.75. The van der Waals surface area contributed by atoms with Crippen LogP contribution in [0.5, 0.6) is 0 Å². The molecule has 0 aliphatic heterocycles. The Kier molecular flexibility index (Phi) is 6.46. The molecule has 0 heterocycles. The molecule has 0 saturated heterocycles. The third-order valence-electron chi connectivity index (χ3n) is 2.30. The van der Waals surface area contributed by atoms with E-state index in [9.17, 15) is 9.59 Å². The molecule has 0 saturated carbocycles. The minimum absolute atomic E-state index is 0.135. The number of ketones is 2. The molecule has 2 N–H and O–H groups in total. The summed E-state index contributed by atoms with van der Waals surface area (Å²) in [6.45, 7) is 4.28. The number of rotatable bonds is 8. The van der Waals surface area contributed by atoms with E-state index in [2.05, 4.69) is 11.9 Å². The van der Waals surface area contributed by atoms with Gasteiger partial charge in [0.25, 0.3) is 0 Å². The molecular formula is C13H17NO3S. The van der Waals surface area contributed by atoms with Gasteiger partial charge in [0, 0.05) is 31.1 Å². The molecule has 98 valence electrons. The van der Waals surface area contributed by atoms with Crippen LogP contribution in [0.15, 0.2) is 35.4 Å². The SMILES string of the molecule is C=CCSC1=CC(=O)C(NCCCCO)=CC1=O. The first-order valence-electron chi connectivity index (χ1n) is 5.79. The topological polar surface area (TPSA) is 66.4 Å². The second-order valence-corrected chi connectivity index (χ2v) is 4.81. The van der Waals surface area contributed by atoms with Gasteiger partial charge in [0.05, 0.1) is 10.6 Å². The Balaban J connectivity index is 2.51. The van der Waals surface area contributed by atoms with E-state index in [0.29, 0.717) is 29.3 Å². The number of thioether (sulfide) groups is 1. The molecule has 1 aliphatic rings. The fourth-order valence-corrected chi connectivity index (χ4v) is 2.09. The van der Waals surface area contributed by atoms with Crippen molar-refractivity contribution in [2.24, 2.45) is 0 Å². The smallest absolute Gasteiger partial charge is 0.203 e. The summed E-state index contributed by atoms with van der Waals surface area (Å²) in [5.74, 6) is 0.286. The number of carbonyl (C=O) groups is 2. The maximum atomic E-state index is 11.7. The average molecular weight is 267 g/mol. The highest BCUT2D eigenvalue weighted by Crippen LogP contribution is 2.21. The summed E-state index contributed by atoms with van der Waals surface area (Å²) < 4.78 is 0. The number of hydrogen-bond acceptors (Lipinski definition) is 5. The van der Waals surface area contributed by atoms with Gasteiger partial charge in [0.2, 0.25) is 5.78 Å². The molecule has 0 unspecified atom stereocenters. The largest absolute Gasteiger partial charge is 0.396 e. The Morgan fingerprint density at radius 2 is 2.06 bits per heavy atom. The van der Waals surface area contributed by atoms with Gasteiger partial charge in [-0.1, -0.05) is 6.08 Å². The van der Waals surface area contributed by atoms with Gasteiger partial charge in [-0.3, -0.25) is 9.59 Å². The molecule has 4 nitrogen and oxygen atoms in total. The molecule has 0 radical (unpaired) electrons. The molecular weight excluding hydrogens is 250 g/mol.